The highest BCUT2D eigenvalue weighted by molar-refractivity contribution is 5.88. The van der Waals surface area contributed by atoms with E-state index in [0.29, 0.717) is 37.4 Å². The van der Waals surface area contributed by atoms with Crippen molar-refractivity contribution in [1.82, 2.24) is 10.6 Å². The summed E-state index contributed by atoms with van der Waals surface area (Å²) < 4.78 is 5.48. The number of carbonyl (C=O) groups is 3. The molecule has 0 aliphatic carbocycles. The van der Waals surface area contributed by atoms with Crippen LogP contribution in [0.5, 0.6) is 5.75 Å². The summed E-state index contributed by atoms with van der Waals surface area (Å²) in [6, 6.07) is 16.7. The number of rotatable bonds is 12. The highest BCUT2D eigenvalue weighted by Crippen LogP contribution is 2.16. The number of anilines is 1. The van der Waals surface area contributed by atoms with Gasteiger partial charge in [-0.25, -0.2) is 0 Å². The molecule has 2 aromatic carbocycles. The summed E-state index contributed by atoms with van der Waals surface area (Å²) in [7, 11) is 0. The zero-order chi connectivity index (χ0) is 21.8. The average molecular weight is 413 g/mol. The maximum Gasteiger partial charge on any atom is 0.303 e. The van der Waals surface area contributed by atoms with Crippen molar-refractivity contribution in [2.75, 3.05) is 18.5 Å². The van der Waals surface area contributed by atoms with Crippen LogP contribution in [0, 0.1) is 0 Å². The minimum Gasteiger partial charge on any atom is -0.494 e. The molecule has 0 radical (unpaired) electrons. The Bertz CT molecular complexity index is 824. The SMILES string of the molecule is CC(=O)NC(Nc1ccc(OCCCC(=O)O)cc1)C(=O)NCCc1ccccc1. The number of nitrogens with one attached hydrogen (secondary N) is 3. The first-order valence-corrected chi connectivity index (χ1v) is 9.74. The molecule has 2 aromatic rings. The topological polar surface area (TPSA) is 117 Å². The van der Waals surface area contributed by atoms with Gasteiger partial charge in [0.15, 0.2) is 6.17 Å². The van der Waals surface area contributed by atoms with Gasteiger partial charge in [-0.15, -0.1) is 0 Å². The van der Waals surface area contributed by atoms with E-state index in [-0.39, 0.29) is 18.2 Å². The lowest BCUT2D eigenvalue weighted by Gasteiger charge is -2.20. The van der Waals surface area contributed by atoms with Crippen molar-refractivity contribution in [3.05, 3.63) is 60.2 Å². The zero-order valence-corrected chi connectivity index (χ0v) is 16.9. The molecule has 30 heavy (non-hydrogen) atoms. The second-order valence-electron chi connectivity index (χ2n) is 6.67. The van der Waals surface area contributed by atoms with E-state index < -0.39 is 12.1 Å². The molecular weight excluding hydrogens is 386 g/mol. The Balaban J connectivity index is 1.86. The molecule has 0 aliphatic rings. The van der Waals surface area contributed by atoms with Crippen LogP contribution in [-0.2, 0) is 20.8 Å². The number of benzene rings is 2. The van der Waals surface area contributed by atoms with Crippen molar-refractivity contribution in [1.29, 1.82) is 0 Å². The van der Waals surface area contributed by atoms with Gasteiger partial charge in [-0.05, 0) is 42.7 Å². The van der Waals surface area contributed by atoms with Gasteiger partial charge in [0.2, 0.25) is 5.91 Å². The van der Waals surface area contributed by atoms with Gasteiger partial charge in [-0.3, -0.25) is 14.4 Å². The fraction of sp³-hybridized carbons (Fsp3) is 0.318. The zero-order valence-electron chi connectivity index (χ0n) is 16.9. The Labute approximate surface area is 175 Å². The number of hydrogen-bond donors (Lipinski definition) is 4. The summed E-state index contributed by atoms with van der Waals surface area (Å²) in [5.41, 5.74) is 1.74. The fourth-order valence-corrected chi connectivity index (χ4v) is 2.67. The van der Waals surface area contributed by atoms with Gasteiger partial charge in [-0.1, -0.05) is 30.3 Å². The lowest BCUT2D eigenvalue weighted by atomic mass is 10.1. The summed E-state index contributed by atoms with van der Waals surface area (Å²) in [5, 5.41) is 17.0. The molecule has 2 rings (SSSR count). The molecule has 160 valence electrons. The maximum absolute atomic E-state index is 12.5. The van der Waals surface area contributed by atoms with Crippen LogP contribution < -0.4 is 20.7 Å². The van der Waals surface area contributed by atoms with Crippen LogP contribution in [0.2, 0.25) is 0 Å². The van der Waals surface area contributed by atoms with Crippen molar-refractivity contribution in [3.63, 3.8) is 0 Å². The predicted molar refractivity (Wildman–Crippen MR) is 113 cm³/mol. The van der Waals surface area contributed by atoms with E-state index in [9.17, 15) is 14.4 Å². The number of carboxylic acids is 1. The minimum atomic E-state index is -0.916. The molecule has 0 fully saturated rings. The van der Waals surface area contributed by atoms with Crippen LogP contribution in [0.1, 0.15) is 25.3 Å². The summed E-state index contributed by atoms with van der Waals surface area (Å²) in [6.45, 7) is 2.10. The largest absolute Gasteiger partial charge is 0.494 e. The molecule has 0 aromatic heterocycles. The number of ether oxygens (including phenoxy) is 1. The Morgan fingerprint density at radius 2 is 1.73 bits per heavy atom. The molecule has 2 amide bonds. The Morgan fingerprint density at radius 3 is 2.37 bits per heavy atom. The van der Waals surface area contributed by atoms with E-state index in [4.69, 9.17) is 9.84 Å². The second kappa shape index (κ2) is 12.1. The highest BCUT2D eigenvalue weighted by Gasteiger charge is 2.18. The quantitative estimate of drug-likeness (QED) is 0.313. The highest BCUT2D eigenvalue weighted by atomic mass is 16.5. The molecule has 0 aliphatic heterocycles. The number of aliphatic carboxylic acids is 1. The van der Waals surface area contributed by atoms with Crippen molar-refractivity contribution in [2.24, 2.45) is 0 Å². The van der Waals surface area contributed by atoms with Gasteiger partial charge in [0.25, 0.3) is 5.91 Å². The first-order valence-electron chi connectivity index (χ1n) is 9.74. The first kappa shape index (κ1) is 22.7. The second-order valence-corrected chi connectivity index (χ2v) is 6.67. The molecular formula is C22H27N3O5. The summed E-state index contributed by atoms with van der Waals surface area (Å²) >= 11 is 0. The average Bonchev–Trinajstić information content (AvgIpc) is 2.72. The Kier molecular flexibility index (Phi) is 9.18. The number of carbonyl (C=O) groups excluding carboxylic acids is 2. The molecule has 8 nitrogen and oxygen atoms in total. The molecule has 0 bridgehead atoms. The number of hydrogen-bond acceptors (Lipinski definition) is 5. The van der Waals surface area contributed by atoms with Gasteiger partial charge < -0.3 is 25.8 Å². The van der Waals surface area contributed by atoms with E-state index in [1.807, 2.05) is 30.3 Å². The van der Waals surface area contributed by atoms with Crippen molar-refractivity contribution in [3.8, 4) is 5.75 Å². The normalized spacial score (nSPS) is 11.2. The van der Waals surface area contributed by atoms with Gasteiger partial charge >= 0.3 is 5.97 Å². The maximum atomic E-state index is 12.5. The lowest BCUT2D eigenvalue weighted by molar-refractivity contribution is -0.137. The number of carboxylic acid groups (broad SMARTS) is 1. The van der Waals surface area contributed by atoms with E-state index in [1.54, 1.807) is 24.3 Å². The van der Waals surface area contributed by atoms with E-state index in [1.165, 1.54) is 6.92 Å². The molecule has 1 unspecified atom stereocenters. The Hall–Kier alpha value is -3.55. The smallest absolute Gasteiger partial charge is 0.303 e. The third-order valence-corrected chi connectivity index (χ3v) is 4.13. The van der Waals surface area contributed by atoms with Crippen LogP contribution >= 0.6 is 0 Å². The van der Waals surface area contributed by atoms with Crippen LogP contribution in [0.4, 0.5) is 5.69 Å². The van der Waals surface area contributed by atoms with E-state index >= 15 is 0 Å². The summed E-state index contributed by atoms with van der Waals surface area (Å²) in [6.07, 6.45) is 0.244. The van der Waals surface area contributed by atoms with Crippen LogP contribution in [0.25, 0.3) is 0 Å². The van der Waals surface area contributed by atoms with Gasteiger partial charge in [0, 0.05) is 25.6 Å². The molecule has 0 heterocycles. The van der Waals surface area contributed by atoms with Crippen molar-refractivity contribution >= 4 is 23.5 Å². The standard InChI is InChI=1S/C22H27N3O5/c1-16(26)24-21(22(29)23-14-13-17-6-3-2-4-7-17)25-18-9-11-19(12-10-18)30-15-5-8-20(27)28/h2-4,6-7,9-12,21,25H,5,8,13-15H2,1H3,(H,23,29)(H,24,26)(H,27,28). The molecule has 1 atom stereocenters. The minimum absolute atomic E-state index is 0.0530. The van der Waals surface area contributed by atoms with Crippen LogP contribution in [0.3, 0.4) is 0 Å². The molecule has 0 saturated heterocycles. The van der Waals surface area contributed by atoms with E-state index in [0.717, 1.165) is 5.56 Å². The van der Waals surface area contributed by atoms with Crippen LogP contribution in [0.15, 0.2) is 54.6 Å². The predicted octanol–water partition coefficient (Wildman–Crippen LogP) is 2.16. The third-order valence-electron chi connectivity index (χ3n) is 4.13. The summed E-state index contributed by atoms with van der Waals surface area (Å²) in [5.74, 6) is -0.933. The van der Waals surface area contributed by atoms with Crippen molar-refractivity contribution < 1.29 is 24.2 Å². The fourth-order valence-electron chi connectivity index (χ4n) is 2.67. The third kappa shape index (κ3) is 8.64. The monoisotopic (exact) mass is 413 g/mol. The van der Waals surface area contributed by atoms with Gasteiger partial charge in [-0.2, -0.15) is 0 Å². The van der Waals surface area contributed by atoms with Gasteiger partial charge in [0.05, 0.1) is 6.61 Å². The van der Waals surface area contributed by atoms with Gasteiger partial charge in [0.1, 0.15) is 5.75 Å². The van der Waals surface area contributed by atoms with Crippen LogP contribution in [-0.4, -0.2) is 42.2 Å². The first-order chi connectivity index (χ1) is 14.4. The Morgan fingerprint density at radius 1 is 1.03 bits per heavy atom. The summed E-state index contributed by atoms with van der Waals surface area (Å²) in [4.78, 5) is 34.5. The van der Waals surface area contributed by atoms with Crippen molar-refractivity contribution in [2.45, 2.75) is 32.4 Å². The molecule has 0 saturated carbocycles. The molecule has 4 N–H and O–H groups in total. The molecule has 0 spiro atoms. The number of amides is 2. The van der Waals surface area contributed by atoms with E-state index in [2.05, 4.69) is 16.0 Å². The lowest BCUT2D eigenvalue weighted by Crippen LogP contribution is -2.51. The molecule has 8 heteroatoms.